The lowest BCUT2D eigenvalue weighted by molar-refractivity contribution is -0.144. The third-order valence-electron chi connectivity index (χ3n) is 3.61. The average Bonchev–Trinajstić information content (AvgIpc) is 2.45. The number of urea groups is 1. The molecule has 0 bridgehead atoms. The SMILES string of the molecule is CCC(CC)(NC(=O)Nc1ccc(N(C)C)cc1)C(=O)O. The molecule has 0 heterocycles. The number of hydrogen-bond donors (Lipinski definition) is 3. The molecule has 0 atom stereocenters. The first-order valence-electron chi connectivity index (χ1n) is 6.94. The van der Waals surface area contributed by atoms with Gasteiger partial charge >= 0.3 is 12.0 Å². The van der Waals surface area contributed by atoms with E-state index in [1.54, 1.807) is 26.0 Å². The monoisotopic (exact) mass is 293 g/mol. The number of anilines is 2. The minimum atomic E-state index is -1.23. The van der Waals surface area contributed by atoms with Crippen molar-refractivity contribution in [2.45, 2.75) is 32.2 Å². The quantitative estimate of drug-likeness (QED) is 0.752. The molecule has 0 radical (unpaired) electrons. The molecule has 0 aliphatic rings. The van der Waals surface area contributed by atoms with Crippen LogP contribution in [0.4, 0.5) is 16.2 Å². The van der Waals surface area contributed by atoms with Crippen LogP contribution in [0, 0.1) is 0 Å². The van der Waals surface area contributed by atoms with Crippen molar-refractivity contribution in [2.24, 2.45) is 0 Å². The highest BCUT2D eigenvalue weighted by Crippen LogP contribution is 2.18. The van der Waals surface area contributed by atoms with Gasteiger partial charge in [-0.2, -0.15) is 0 Å². The lowest BCUT2D eigenvalue weighted by Crippen LogP contribution is -2.54. The Morgan fingerprint density at radius 1 is 1.14 bits per heavy atom. The van der Waals surface area contributed by atoms with Crippen molar-refractivity contribution in [3.05, 3.63) is 24.3 Å². The van der Waals surface area contributed by atoms with E-state index in [1.807, 2.05) is 31.1 Å². The lowest BCUT2D eigenvalue weighted by atomic mass is 9.93. The van der Waals surface area contributed by atoms with E-state index in [1.165, 1.54) is 0 Å². The minimum absolute atomic E-state index is 0.325. The van der Waals surface area contributed by atoms with Gasteiger partial charge in [-0.25, -0.2) is 9.59 Å². The van der Waals surface area contributed by atoms with Gasteiger partial charge in [-0.3, -0.25) is 0 Å². The predicted molar refractivity (Wildman–Crippen MR) is 83.9 cm³/mol. The van der Waals surface area contributed by atoms with Gasteiger partial charge in [0.1, 0.15) is 5.54 Å². The Hall–Kier alpha value is -2.24. The summed E-state index contributed by atoms with van der Waals surface area (Å²) in [6.45, 7) is 3.48. The molecule has 1 aromatic rings. The molecular formula is C15H23N3O3. The average molecular weight is 293 g/mol. The van der Waals surface area contributed by atoms with Gasteiger partial charge in [0.2, 0.25) is 0 Å². The van der Waals surface area contributed by atoms with Crippen LogP contribution in [-0.4, -0.2) is 36.7 Å². The van der Waals surface area contributed by atoms with E-state index in [9.17, 15) is 14.7 Å². The smallest absolute Gasteiger partial charge is 0.329 e. The fourth-order valence-corrected chi connectivity index (χ4v) is 2.01. The lowest BCUT2D eigenvalue weighted by Gasteiger charge is -2.28. The number of carbonyl (C=O) groups is 2. The second-order valence-electron chi connectivity index (χ2n) is 5.11. The first-order valence-corrected chi connectivity index (χ1v) is 6.94. The minimum Gasteiger partial charge on any atom is -0.480 e. The number of carbonyl (C=O) groups excluding carboxylic acids is 1. The van der Waals surface area contributed by atoms with Crippen LogP contribution in [0.15, 0.2) is 24.3 Å². The standard InChI is InChI=1S/C15H23N3O3/c1-5-15(6-2,13(19)20)17-14(21)16-11-7-9-12(10-8-11)18(3)4/h7-10H,5-6H2,1-4H3,(H,19,20)(H2,16,17,21). The van der Waals surface area contributed by atoms with Gasteiger partial charge in [-0.15, -0.1) is 0 Å². The van der Waals surface area contributed by atoms with Gasteiger partial charge in [0.25, 0.3) is 0 Å². The number of carboxylic acids is 1. The van der Waals surface area contributed by atoms with Crippen LogP contribution in [0.2, 0.25) is 0 Å². The fraction of sp³-hybridized carbons (Fsp3) is 0.467. The molecule has 6 nitrogen and oxygen atoms in total. The molecule has 1 aromatic carbocycles. The number of aliphatic carboxylic acids is 1. The van der Waals surface area contributed by atoms with Crippen molar-refractivity contribution in [3.63, 3.8) is 0 Å². The van der Waals surface area contributed by atoms with Crippen LogP contribution in [-0.2, 0) is 4.79 Å². The Bertz CT molecular complexity index is 493. The molecule has 21 heavy (non-hydrogen) atoms. The molecule has 0 fully saturated rings. The maximum Gasteiger partial charge on any atom is 0.329 e. The van der Waals surface area contributed by atoms with Crippen molar-refractivity contribution in [3.8, 4) is 0 Å². The summed E-state index contributed by atoms with van der Waals surface area (Å²) in [6, 6.07) is 6.78. The molecule has 2 amide bonds. The van der Waals surface area contributed by atoms with Crippen LogP contribution < -0.4 is 15.5 Å². The van der Waals surface area contributed by atoms with Crippen molar-refractivity contribution >= 4 is 23.4 Å². The summed E-state index contributed by atoms with van der Waals surface area (Å²) in [6.07, 6.45) is 0.650. The number of nitrogens with zero attached hydrogens (tertiary/aromatic N) is 1. The Kier molecular flexibility index (Phi) is 5.58. The molecule has 0 aliphatic carbocycles. The predicted octanol–water partition coefficient (Wildman–Crippen LogP) is 2.52. The molecule has 0 aliphatic heterocycles. The van der Waals surface area contributed by atoms with E-state index < -0.39 is 17.5 Å². The van der Waals surface area contributed by atoms with Crippen molar-refractivity contribution in [1.82, 2.24) is 5.32 Å². The molecule has 3 N–H and O–H groups in total. The van der Waals surface area contributed by atoms with Gasteiger partial charge in [-0.05, 0) is 37.1 Å². The third kappa shape index (κ3) is 4.11. The summed E-state index contributed by atoms with van der Waals surface area (Å²) in [5.74, 6) is -1.02. The molecule has 116 valence electrons. The Morgan fingerprint density at radius 2 is 1.67 bits per heavy atom. The molecule has 0 saturated carbocycles. The molecule has 6 heteroatoms. The van der Waals surface area contributed by atoms with Crippen LogP contribution >= 0.6 is 0 Å². The zero-order valence-corrected chi connectivity index (χ0v) is 12.9. The molecule has 1 rings (SSSR count). The van der Waals surface area contributed by atoms with Crippen molar-refractivity contribution < 1.29 is 14.7 Å². The van der Waals surface area contributed by atoms with Crippen LogP contribution in [0.5, 0.6) is 0 Å². The topological polar surface area (TPSA) is 81.7 Å². The van der Waals surface area contributed by atoms with Crippen molar-refractivity contribution in [2.75, 3.05) is 24.3 Å². The van der Waals surface area contributed by atoms with E-state index in [4.69, 9.17) is 0 Å². The van der Waals surface area contributed by atoms with E-state index in [2.05, 4.69) is 10.6 Å². The third-order valence-corrected chi connectivity index (χ3v) is 3.61. The summed E-state index contributed by atoms with van der Waals surface area (Å²) in [5, 5.41) is 14.5. The Labute approximate surface area is 125 Å². The number of carboxylic acid groups (broad SMARTS) is 1. The number of rotatable bonds is 6. The Morgan fingerprint density at radius 3 is 2.05 bits per heavy atom. The van der Waals surface area contributed by atoms with Crippen LogP contribution in [0.3, 0.4) is 0 Å². The fourth-order valence-electron chi connectivity index (χ4n) is 2.01. The van der Waals surface area contributed by atoms with Crippen molar-refractivity contribution in [1.29, 1.82) is 0 Å². The molecule has 0 saturated heterocycles. The number of amides is 2. The Balaban J connectivity index is 2.74. The summed E-state index contributed by atoms with van der Waals surface area (Å²) in [7, 11) is 3.86. The molecular weight excluding hydrogens is 270 g/mol. The normalized spacial score (nSPS) is 10.9. The maximum absolute atomic E-state index is 12.0. The van der Waals surface area contributed by atoms with Crippen LogP contribution in [0.1, 0.15) is 26.7 Å². The first kappa shape index (κ1) is 16.8. The zero-order valence-electron chi connectivity index (χ0n) is 12.9. The molecule has 0 aromatic heterocycles. The molecule has 0 unspecified atom stereocenters. The zero-order chi connectivity index (χ0) is 16.0. The van der Waals surface area contributed by atoms with E-state index in [-0.39, 0.29) is 0 Å². The van der Waals surface area contributed by atoms with Gasteiger partial charge in [0.05, 0.1) is 0 Å². The highest BCUT2D eigenvalue weighted by Gasteiger charge is 2.36. The summed E-state index contributed by atoms with van der Waals surface area (Å²) < 4.78 is 0. The largest absolute Gasteiger partial charge is 0.480 e. The highest BCUT2D eigenvalue weighted by atomic mass is 16.4. The van der Waals surface area contributed by atoms with E-state index in [0.29, 0.717) is 18.5 Å². The number of nitrogens with one attached hydrogen (secondary N) is 2. The van der Waals surface area contributed by atoms with Gasteiger partial charge in [-0.1, -0.05) is 13.8 Å². The summed E-state index contributed by atoms with van der Waals surface area (Å²) >= 11 is 0. The summed E-state index contributed by atoms with van der Waals surface area (Å²) in [4.78, 5) is 25.3. The summed E-state index contributed by atoms with van der Waals surface area (Å²) in [5.41, 5.74) is 0.403. The molecule has 0 spiro atoms. The first-order chi connectivity index (χ1) is 9.84. The van der Waals surface area contributed by atoms with E-state index in [0.717, 1.165) is 5.69 Å². The maximum atomic E-state index is 12.0. The second kappa shape index (κ2) is 6.97. The van der Waals surface area contributed by atoms with Gasteiger partial charge in [0, 0.05) is 25.5 Å². The van der Waals surface area contributed by atoms with Gasteiger partial charge in [0.15, 0.2) is 0 Å². The van der Waals surface area contributed by atoms with E-state index >= 15 is 0 Å². The van der Waals surface area contributed by atoms with Gasteiger partial charge < -0.3 is 20.6 Å². The number of benzene rings is 1. The highest BCUT2D eigenvalue weighted by molar-refractivity contribution is 5.94. The second-order valence-corrected chi connectivity index (χ2v) is 5.11. The van der Waals surface area contributed by atoms with Crippen LogP contribution in [0.25, 0.3) is 0 Å². The number of hydrogen-bond acceptors (Lipinski definition) is 3.